The molecule has 0 aliphatic carbocycles. The van der Waals surface area contributed by atoms with Crippen LogP contribution in [0.4, 0.5) is 0 Å². The van der Waals surface area contributed by atoms with Crippen molar-refractivity contribution in [1.29, 1.82) is 0 Å². The van der Waals surface area contributed by atoms with Crippen LogP contribution in [0.15, 0.2) is 24.3 Å². The second-order valence-corrected chi connectivity index (χ2v) is 5.87. The fourth-order valence-corrected chi connectivity index (χ4v) is 2.95. The second-order valence-electron chi connectivity index (χ2n) is 5.48. The van der Waals surface area contributed by atoms with Gasteiger partial charge in [-0.1, -0.05) is 0 Å². The summed E-state index contributed by atoms with van der Waals surface area (Å²) in [7, 11) is 0. The van der Waals surface area contributed by atoms with E-state index in [1.807, 2.05) is 36.1 Å². The zero-order valence-corrected chi connectivity index (χ0v) is 13.9. The lowest BCUT2D eigenvalue weighted by molar-refractivity contribution is -0.130. The van der Waals surface area contributed by atoms with E-state index in [0.717, 1.165) is 37.2 Å². The zero-order valence-electron chi connectivity index (χ0n) is 13.1. The fraction of sp³-hybridized carbons (Fsp3) is 0.438. The molecule has 0 saturated carbocycles. The topological polar surface area (TPSA) is 63.1 Å². The normalized spacial score (nSPS) is 14.2. The molecule has 0 spiro atoms. The van der Waals surface area contributed by atoms with Crippen LogP contribution in [-0.2, 0) is 11.3 Å². The Bertz CT molecular complexity index is 729. The molecule has 1 amide bonds. The smallest absolute Gasteiger partial charge is 0.242 e. The van der Waals surface area contributed by atoms with E-state index in [1.165, 1.54) is 0 Å². The number of H-pyrrole nitrogens is 1. The molecule has 1 saturated heterocycles. The zero-order chi connectivity index (χ0) is 16.2. The maximum Gasteiger partial charge on any atom is 0.242 e. The minimum atomic E-state index is 0.0900. The molecule has 122 valence electrons. The summed E-state index contributed by atoms with van der Waals surface area (Å²) < 4.78 is 7.66. The molecule has 0 atom stereocenters. The van der Waals surface area contributed by atoms with Gasteiger partial charge in [0.1, 0.15) is 12.3 Å². The lowest BCUT2D eigenvalue weighted by atomic mass is 10.2. The molecule has 1 N–H and O–H groups in total. The molecule has 23 heavy (non-hydrogen) atoms. The van der Waals surface area contributed by atoms with Crippen LogP contribution in [0.5, 0.6) is 5.75 Å². The van der Waals surface area contributed by atoms with Gasteiger partial charge in [0.15, 0.2) is 10.6 Å². The minimum Gasteiger partial charge on any atom is -0.494 e. The predicted octanol–water partition coefficient (Wildman–Crippen LogP) is 2.63. The third-order valence-electron chi connectivity index (χ3n) is 3.93. The van der Waals surface area contributed by atoms with Crippen molar-refractivity contribution in [3.63, 3.8) is 0 Å². The number of aromatic nitrogens is 3. The van der Waals surface area contributed by atoms with Crippen molar-refractivity contribution in [2.45, 2.75) is 26.3 Å². The number of carbonyl (C=O) groups is 1. The quantitative estimate of drug-likeness (QED) is 0.855. The number of hydrogen-bond donors (Lipinski definition) is 1. The highest BCUT2D eigenvalue weighted by atomic mass is 32.1. The summed E-state index contributed by atoms with van der Waals surface area (Å²) in [6.45, 7) is 4.47. The van der Waals surface area contributed by atoms with E-state index in [1.54, 1.807) is 4.57 Å². The van der Waals surface area contributed by atoms with Crippen molar-refractivity contribution in [3.05, 3.63) is 29.0 Å². The van der Waals surface area contributed by atoms with Crippen molar-refractivity contribution in [2.24, 2.45) is 0 Å². The average molecular weight is 332 g/mol. The van der Waals surface area contributed by atoms with E-state index >= 15 is 0 Å². The van der Waals surface area contributed by atoms with Gasteiger partial charge in [-0.15, -0.1) is 0 Å². The van der Waals surface area contributed by atoms with Crippen LogP contribution in [0.3, 0.4) is 0 Å². The standard InChI is InChI=1S/C16H20N4O2S/c1-2-22-13-7-5-12(6-8-13)15-17-18-16(23)20(15)11-14(21)19-9-3-4-10-19/h5-8H,2-4,9-11H2,1H3,(H,18,23). The van der Waals surface area contributed by atoms with Crippen LogP contribution >= 0.6 is 12.2 Å². The molecule has 6 nitrogen and oxygen atoms in total. The van der Waals surface area contributed by atoms with Crippen molar-refractivity contribution in [3.8, 4) is 17.1 Å². The summed E-state index contributed by atoms with van der Waals surface area (Å²) in [6, 6.07) is 7.63. The Morgan fingerprint density at radius 2 is 2.00 bits per heavy atom. The molecular weight excluding hydrogens is 312 g/mol. The highest BCUT2D eigenvalue weighted by Crippen LogP contribution is 2.21. The molecule has 1 aromatic carbocycles. The Hall–Kier alpha value is -2.15. The van der Waals surface area contributed by atoms with Crippen LogP contribution < -0.4 is 4.74 Å². The van der Waals surface area contributed by atoms with Crippen LogP contribution in [0, 0.1) is 4.77 Å². The number of rotatable bonds is 5. The van der Waals surface area contributed by atoms with E-state index in [0.29, 0.717) is 17.2 Å². The molecule has 2 aromatic rings. The van der Waals surface area contributed by atoms with E-state index in [-0.39, 0.29) is 12.5 Å². The monoisotopic (exact) mass is 332 g/mol. The molecule has 1 aromatic heterocycles. The lowest BCUT2D eigenvalue weighted by Crippen LogP contribution is -2.31. The first-order chi connectivity index (χ1) is 11.2. The van der Waals surface area contributed by atoms with Gasteiger partial charge in [0.05, 0.1) is 6.61 Å². The van der Waals surface area contributed by atoms with E-state index in [4.69, 9.17) is 17.0 Å². The second kappa shape index (κ2) is 6.95. The van der Waals surface area contributed by atoms with Gasteiger partial charge in [-0.05, 0) is 56.2 Å². The number of ether oxygens (including phenoxy) is 1. The molecule has 3 rings (SSSR count). The van der Waals surface area contributed by atoms with Gasteiger partial charge in [-0.25, -0.2) is 0 Å². The Morgan fingerprint density at radius 1 is 1.30 bits per heavy atom. The predicted molar refractivity (Wildman–Crippen MR) is 89.8 cm³/mol. The third kappa shape index (κ3) is 3.44. The number of nitrogens with zero attached hydrogens (tertiary/aromatic N) is 3. The van der Waals surface area contributed by atoms with Gasteiger partial charge >= 0.3 is 0 Å². The first-order valence-electron chi connectivity index (χ1n) is 7.85. The highest BCUT2D eigenvalue weighted by molar-refractivity contribution is 7.71. The van der Waals surface area contributed by atoms with Crippen LogP contribution in [0.1, 0.15) is 19.8 Å². The number of aromatic amines is 1. The van der Waals surface area contributed by atoms with E-state index in [2.05, 4.69) is 10.2 Å². The van der Waals surface area contributed by atoms with Crippen molar-refractivity contribution >= 4 is 18.1 Å². The number of nitrogens with one attached hydrogen (secondary N) is 1. The van der Waals surface area contributed by atoms with Crippen LogP contribution in [0.2, 0.25) is 0 Å². The summed E-state index contributed by atoms with van der Waals surface area (Å²) >= 11 is 5.28. The summed E-state index contributed by atoms with van der Waals surface area (Å²) in [5.41, 5.74) is 0.898. The van der Waals surface area contributed by atoms with Gasteiger partial charge < -0.3 is 9.64 Å². The van der Waals surface area contributed by atoms with E-state index in [9.17, 15) is 4.79 Å². The van der Waals surface area contributed by atoms with Gasteiger partial charge in [0.25, 0.3) is 0 Å². The van der Waals surface area contributed by atoms with Crippen molar-refractivity contribution in [1.82, 2.24) is 19.7 Å². The molecule has 0 radical (unpaired) electrons. The summed E-state index contributed by atoms with van der Waals surface area (Å²) in [5, 5.41) is 7.06. The van der Waals surface area contributed by atoms with Crippen LogP contribution in [0.25, 0.3) is 11.4 Å². The molecule has 0 bridgehead atoms. The molecule has 1 fully saturated rings. The first-order valence-corrected chi connectivity index (χ1v) is 8.26. The molecule has 2 heterocycles. The fourth-order valence-electron chi connectivity index (χ4n) is 2.75. The number of hydrogen-bond acceptors (Lipinski definition) is 4. The lowest BCUT2D eigenvalue weighted by Gasteiger charge is -2.16. The summed E-state index contributed by atoms with van der Waals surface area (Å²) in [4.78, 5) is 14.3. The Labute approximate surface area is 140 Å². The Balaban J connectivity index is 1.83. The van der Waals surface area contributed by atoms with Gasteiger partial charge in [-0.3, -0.25) is 14.5 Å². The largest absolute Gasteiger partial charge is 0.494 e. The maximum absolute atomic E-state index is 12.4. The van der Waals surface area contributed by atoms with Crippen molar-refractivity contribution < 1.29 is 9.53 Å². The molecule has 1 aliphatic rings. The maximum atomic E-state index is 12.4. The van der Waals surface area contributed by atoms with Gasteiger partial charge in [-0.2, -0.15) is 5.10 Å². The Morgan fingerprint density at radius 3 is 2.65 bits per heavy atom. The molecular formula is C16H20N4O2S. The molecule has 7 heteroatoms. The summed E-state index contributed by atoms with van der Waals surface area (Å²) in [6.07, 6.45) is 2.16. The highest BCUT2D eigenvalue weighted by Gasteiger charge is 2.20. The average Bonchev–Trinajstić information content (AvgIpc) is 3.20. The van der Waals surface area contributed by atoms with E-state index < -0.39 is 0 Å². The number of carbonyl (C=O) groups excluding carboxylic acids is 1. The summed E-state index contributed by atoms with van der Waals surface area (Å²) in [5.74, 6) is 1.57. The molecule has 0 unspecified atom stereocenters. The number of likely N-dealkylation sites (tertiary alicyclic amines) is 1. The van der Waals surface area contributed by atoms with Gasteiger partial charge in [0.2, 0.25) is 5.91 Å². The Kier molecular flexibility index (Phi) is 4.76. The van der Waals surface area contributed by atoms with Crippen LogP contribution in [-0.4, -0.2) is 45.3 Å². The van der Waals surface area contributed by atoms with Gasteiger partial charge in [0, 0.05) is 18.7 Å². The van der Waals surface area contributed by atoms with Crippen molar-refractivity contribution in [2.75, 3.05) is 19.7 Å². The number of benzene rings is 1. The first kappa shape index (κ1) is 15.7. The molecule has 1 aliphatic heterocycles. The minimum absolute atomic E-state index is 0.0900. The third-order valence-corrected chi connectivity index (χ3v) is 4.25. The number of amides is 1. The SMILES string of the molecule is CCOc1ccc(-c2n[nH]c(=S)n2CC(=O)N2CCCC2)cc1.